The fourth-order valence-electron chi connectivity index (χ4n) is 2.70. The first kappa shape index (κ1) is 17.9. The summed E-state index contributed by atoms with van der Waals surface area (Å²) >= 11 is 1.41. The SMILES string of the molecule is CCOc1ccccc1NC(=O)c1csc(-c2cnn(-c3ccccc3)c2)n1. The normalized spacial score (nSPS) is 10.6. The van der Waals surface area contributed by atoms with Gasteiger partial charge in [-0.25, -0.2) is 9.67 Å². The lowest BCUT2D eigenvalue weighted by Gasteiger charge is -2.10. The summed E-state index contributed by atoms with van der Waals surface area (Å²) in [4.78, 5) is 17.1. The van der Waals surface area contributed by atoms with Gasteiger partial charge < -0.3 is 10.1 Å². The van der Waals surface area contributed by atoms with Gasteiger partial charge in [0.2, 0.25) is 0 Å². The zero-order chi connectivity index (χ0) is 19.3. The van der Waals surface area contributed by atoms with Crippen LogP contribution in [0.5, 0.6) is 5.75 Å². The predicted octanol–water partition coefficient (Wildman–Crippen LogP) is 4.65. The third-order valence-corrected chi connectivity index (χ3v) is 4.91. The summed E-state index contributed by atoms with van der Waals surface area (Å²) in [5, 5.41) is 9.73. The first-order valence-electron chi connectivity index (χ1n) is 8.84. The van der Waals surface area contributed by atoms with E-state index in [1.807, 2.05) is 61.7 Å². The van der Waals surface area contributed by atoms with E-state index in [4.69, 9.17) is 4.74 Å². The second kappa shape index (κ2) is 8.06. The Labute approximate surface area is 166 Å². The van der Waals surface area contributed by atoms with E-state index in [0.717, 1.165) is 16.3 Å². The third-order valence-electron chi connectivity index (χ3n) is 4.02. The topological polar surface area (TPSA) is 69.0 Å². The molecule has 2 heterocycles. The van der Waals surface area contributed by atoms with Crippen molar-refractivity contribution in [1.82, 2.24) is 14.8 Å². The average molecular weight is 390 g/mol. The molecule has 140 valence electrons. The fourth-order valence-corrected chi connectivity index (χ4v) is 3.48. The smallest absolute Gasteiger partial charge is 0.275 e. The van der Waals surface area contributed by atoms with Gasteiger partial charge >= 0.3 is 0 Å². The number of thiazole rings is 1. The quantitative estimate of drug-likeness (QED) is 0.520. The van der Waals surface area contributed by atoms with Crippen molar-refractivity contribution < 1.29 is 9.53 Å². The van der Waals surface area contributed by atoms with Gasteiger partial charge in [0, 0.05) is 17.1 Å². The Morgan fingerprint density at radius 3 is 2.75 bits per heavy atom. The number of hydrogen-bond acceptors (Lipinski definition) is 5. The molecule has 4 rings (SSSR count). The molecular formula is C21H18N4O2S. The number of anilines is 1. The highest BCUT2D eigenvalue weighted by Crippen LogP contribution is 2.27. The van der Waals surface area contributed by atoms with E-state index in [1.54, 1.807) is 22.3 Å². The van der Waals surface area contributed by atoms with Gasteiger partial charge in [0.1, 0.15) is 16.5 Å². The molecule has 1 N–H and O–H groups in total. The maximum atomic E-state index is 12.6. The number of para-hydroxylation sites is 3. The minimum atomic E-state index is -0.273. The lowest BCUT2D eigenvalue weighted by Crippen LogP contribution is -2.13. The molecule has 0 saturated heterocycles. The minimum Gasteiger partial charge on any atom is -0.492 e. The van der Waals surface area contributed by atoms with Crippen molar-refractivity contribution in [3.8, 4) is 22.0 Å². The van der Waals surface area contributed by atoms with Gasteiger partial charge in [0.25, 0.3) is 5.91 Å². The Bertz CT molecular complexity index is 1090. The van der Waals surface area contributed by atoms with Crippen molar-refractivity contribution in [2.45, 2.75) is 6.92 Å². The molecule has 0 saturated carbocycles. The van der Waals surface area contributed by atoms with Crippen LogP contribution in [-0.4, -0.2) is 27.3 Å². The Balaban J connectivity index is 1.52. The van der Waals surface area contributed by atoms with E-state index in [2.05, 4.69) is 15.4 Å². The molecule has 0 spiro atoms. The van der Waals surface area contributed by atoms with E-state index in [-0.39, 0.29) is 5.91 Å². The number of ether oxygens (including phenoxy) is 1. The summed E-state index contributed by atoms with van der Waals surface area (Å²) in [5.74, 6) is 0.364. The van der Waals surface area contributed by atoms with Gasteiger partial charge in [0.15, 0.2) is 0 Å². The molecule has 7 heteroatoms. The number of hydrogen-bond donors (Lipinski definition) is 1. The van der Waals surface area contributed by atoms with Crippen LogP contribution in [0.2, 0.25) is 0 Å². The molecule has 2 aromatic heterocycles. The zero-order valence-corrected chi connectivity index (χ0v) is 16.0. The molecular weight excluding hydrogens is 372 g/mol. The molecule has 6 nitrogen and oxygen atoms in total. The van der Waals surface area contributed by atoms with Crippen LogP contribution in [0.4, 0.5) is 5.69 Å². The van der Waals surface area contributed by atoms with Crippen LogP contribution < -0.4 is 10.1 Å². The Hall–Kier alpha value is -3.45. The summed E-state index contributed by atoms with van der Waals surface area (Å²) < 4.78 is 7.34. The minimum absolute atomic E-state index is 0.273. The summed E-state index contributed by atoms with van der Waals surface area (Å²) in [5.41, 5.74) is 2.82. The van der Waals surface area contributed by atoms with Crippen molar-refractivity contribution in [3.63, 3.8) is 0 Å². The van der Waals surface area contributed by atoms with Crippen LogP contribution in [0.25, 0.3) is 16.3 Å². The maximum Gasteiger partial charge on any atom is 0.275 e. The van der Waals surface area contributed by atoms with Gasteiger partial charge in [-0.15, -0.1) is 11.3 Å². The molecule has 0 aliphatic heterocycles. The number of nitrogens with one attached hydrogen (secondary N) is 1. The molecule has 0 aliphatic rings. The van der Waals surface area contributed by atoms with E-state index in [9.17, 15) is 4.79 Å². The van der Waals surface area contributed by atoms with Crippen LogP contribution in [-0.2, 0) is 0 Å². The van der Waals surface area contributed by atoms with Crippen LogP contribution in [0.15, 0.2) is 72.4 Å². The number of carbonyl (C=O) groups excluding carboxylic acids is 1. The molecule has 0 unspecified atom stereocenters. The van der Waals surface area contributed by atoms with Crippen LogP contribution in [0.1, 0.15) is 17.4 Å². The van der Waals surface area contributed by atoms with Crippen LogP contribution >= 0.6 is 11.3 Å². The molecule has 1 amide bonds. The van der Waals surface area contributed by atoms with Crippen LogP contribution in [0.3, 0.4) is 0 Å². The lowest BCUT2D eigenvalue weighted by atomic mass is 10.3. The molecule has 0 radical (unpaired) electrons. The highest BCUT2D eigenvalue weighted by atomic mass is 32.1. The highest BCUT2D eigenvalue weighted by molar-refractivity contribution is 7.13. The van der Waals surface area contributed by atoms with Crippen molar-refractivity contribution in [2.75, 3.05) is 11.9 Å². The van der Waals surface area contributed by atoms with Crippen molar-refractivity contribution in [3.05, 3.63) is 78.1 Å². The lowest BCUT2D eigenvalue weighted by molar-refractivity contribution is 0.102. The largest absolute Gasteiger partial charge is 0.492 e. The summed E-state index contributed by atoms with van der Waals surface area (Å²) in [6.45, 7) is 2.43. The zero-order valence-electron chi connectivity index (χ0n) is 15.2. The highest BCUT2D eigenvalue weighted by Gasteiger charge is 2.15. The number of carbonyl (C=O) groups is 1. The molecule has 0 fully saturated rings. The van der Waals surface area contributed by atoms with Crippen molar-refractivity contribution >= 4 is 22.9 Å². The average Bonchev–Trinajstić information content (AvgIpc) is 3.40. The Kier molecular flexibility index (Phi) is 5.16. The number of amides is 1. The standard InChI is InChI=1S/C21H18N4O2S/c1-2-27-19-11-7-6-10-17(19)23-20(26)18-14-28-21(24-18)15-12-22-25(13-15)16-8-4-3-5-9-16/h3-14H,2H2,1H3,(H,23,26). The molecule has 4 aromatic rings. The predicted molar refractivity (Wildman–Crippen MR) is 110 cm³/mol. The molecule has 2 aromatic carbocycles. The summed E-state index contributed by atoms with van der Waals surface area (Å²) in [6.07, 6.45) is 3.65. The van der Waals surface area contributed by atoms with Gasteiger partial charge in [-0.3, -0.25) is 4.79 Å². The first-order valence-corrected chi connectivity index (χ1v) is 9.71. The maximum absolute atomic E-state index is 12.6. The van der Waals surface area contributed by atoms with Crippen molar-refractivity contribution in [1.29, 1.82) is 0 Å². The van der Waals surface area contributed by atoms with E-state index >= 15 is 0 Å². The molecule has 0 aliphatic carbocycles. The molecule has 0 atom stereocenters. The Morgan fingerprint density at radius 2 is 1.93 bits per heavy atom. The number of rotatable bonds is 6. The van der Waals surface area contributed by atoms with Gasteiger partial charge in [0.05, 0.1) is 24.2 Å². The van der Waals surface area contributed by atoms with E-state index < -0.39 is 0 Å². The Morgan fingerprint density at radius 1 is 1.14 bits per heavy atom. The second-order valence-corrected chi connectivity index (χ2v) is 6.79. The number of nitrogens with zero attached hydrogens (tertiary/aromatic N) is 3. The van der Waals surface area contributed by atoms with Gasteiger partial charge in [-0.1, -0.05) is 30.3 Å². The molecule has 28 heavy (non-hydrogen) atoms. The number of benzene rings is 2. The van der Waals surface area contributed by atoms with Crippen LogP contribution in [0, 0.1) is 0 Å². The van der Waals surface area contributed by atoms with Crippen molar-refractivity contribution in [2.24, 2.45) is 0 Å². The van der Waals surface area contributed by atoms with E-state index in [1.165, 1.54) is 11.3 Å². The van der Waals surface area contributed by atoms with E-state index in [0.29, 0.717) is 23.7 Å². The summed E-state index contributed by atoms with van der Waals surface area (Å²) in [7, 11) is 0. The van der Waals surface area contributed by atoms with Gasteiger partial charge in [-0.2, -0.15) is 5.10 Å². The third kappa shape index (κ3) is 3.79. The second-order valence-electron chi connectivity index (χ2n) is 5.93. The van der Waals surface area contributed by atoms with Gasteiger partial charge in [-0.05, 0) is 31.2 Å². The summed E-state index contributed by atoms with van der Waals surface area (Å²) in [6, 6.07) is 17.2. The first-order chi connectivity index (χ1) is 13.7. The number of aromatic nitrogens is 3. The fraction of sp³-hybridized carbons (Fsp3) is 0.0952. The monoisotopic (exact) mass is 390 g/mol. The molecule has 0 bridgehead atoms.